The Morgan fingerprint density at radius 1 is 1.27 bits per heavy atom. The van der Waals surface area contributed by atoms with Gasteiger partial charge in [-0.3, -0.25) is 0 Å². The van der Waals surface area contributed by atoms with Gasteiger partial charge >= 0.3 is 0 Å². The minimum absolute atomic E-state index is 0.285. The number of hydrogen-bond acceptors (Lipinski definition) is 0. The van der Waals surface area contributed by atoms with Crippen molar-refractivity contribution in [1.82, 2.24) is 0 Å². The predicted octanol–water partition coefficient (Wildman–Crippen LogP) is 3.00. The van der Waals surface area contributed by atoms with Crippen LogP contribution in [-0.2, 0) is 0 Å². The predicted molar refractivity (Wildman–Crippen MR) is 41.1 cm³/mol. The van der Waals surface area contributed by atoms with E-state index in [0.717, 1.165) is 6.07 Å². The summed E-state index contributed by atoms with van der Waals surface area (Å²) in [6, 6.07) is 4.11. The molecule has 0 aliphatic rings. The summed E-state index contributed by atoms with van der Waals surface area (Å²) >= 11 is 0. The second-order valence-corrected chi connectivity index (χ2v) is 2.14. The molecule has 1 rings (SSSR count). The molecule has 0 radical (unpaired) electrons. The van der Waals surface area contributed by atoms with Crippen LogP contribution in [-0.4, -0.2) is 0 Å². The Morgan fingerprint density at radius 2 is 2.00 bits per heavy atom. The van der Waals surface area contributed by atoms with Gasteiger partial charge in [-0.25, -0.2) is 8.78 Å². The summed E-state index contributed by atoms with van der Waals surface area (Å²) in [6.07, 6.45) is 3.19. The second-order valence-electron chi connectivity index (χ2n) is 2.14. The maximum atomic E-state index is 12.8. The van der Waals surface area contributed by atoms with E-state index in [1.54, 1.807) is 13.0 Å². The molecule has 1 aromatic carbocycles. The van der Waals surface area contributed by atoms with Gasteiger partial charge in [0.1, 0.15) is 0 Å². The van der Waals surface area contributed by atoms with Gasteiger partial charge in [0.2, 0.25) is 0 Å². The van der Waals surface area contributed by atoms with Crippen LogP contribution in [0.3, 0.4) is 0 Å². The van der Waals surface area contributed by atoms with Crippen molar-refractivity contribution < 1.29 is 8.78 Å². The summed E-state index contributed by atoms with van der Waals surface area (Å²) < 4.78 is 25.3. The van der Waals surface area contributed by atoms with E-state index >= 15 is 0 Å². The van der Waals surface area contributed by atoms with Crippen LogP contribution in [0.2, 0.25) is 0 Å². The molecule has 0 bridgehead atoms. The highest BCUT2D eigenvalue weighted by Crippen LogP contribution is 2.12. The van der Waals surface area contributed by atoms with Gasteiger partial charge in [0.05, 0.1) is 0 Å². The van der Waals surface area contributed by atoms with E-state index in [4.69, 9.17) is 0 Å². The highest BCUT2D eigenvalue weighted by Gasteiger charge is 2.02. The fourth-order valence-electron chi connectivity index (χ4n) is 0.829. The first kappa shape index (κ1) is 7.92. The Morgan fingerprint density at radius 3 is 2.64 bits per heavy atom. The van der Waals surface area contributed by atoms with E-state index in [1.165, 1.54) is 18.2 Å². The van der Waals surface area contributed by atoms with E-state index in [9.17, 15) is 8.78 Å². The molecule has 0 saturated carbocycles. The lowest BCUT2D eigenvalue weighted by atomic mass is 10.2. The Balaban J connectivity index is 3.16. The van der Waals surface area contributed by atoms with Crippen LogP contribution < -0.4 is 0 Å². The Labute approximate surface area is 64.2 Å². The molecule has 0 N–H and O–H groups in total. The average Bonchev–Trinajstić information content (AvgIpc) is 1.99. The van der Waals surface area contributed by atoms with Crippen LogP contribution in [0.25, 0.3) is 6.08 Å². The normalized spacial score (nSPS) is 10.8. The maximum Gasteiger partial charge on any atom is 0.166 e. The number of hydrogen-bond donors (Lipinski definition) is 0. The molecular weight excluding hydrogens is 146 g/mol. The molecule has 0 atom stereocenters. The van der Waals surface area contributed by atoms with Crippen molar-refractivity contribution in [3.63, 3.8) is 0 Å². The number of rotatable bonds is 1. The summed E-state index contributed by atoms with van der Waals surface area (Å²) in [4.78, 5) is 0. The standard InChI is InChI=1S/C9H8F2/c1-2-4-7-5-3-6-8(10)9(7)11/h2-6H,1H3/b4-2-. The van der Waals surface area contributed by atoms with E-state index in [-0.39, 0.29) is 5.56 Å². The summed E-state index contributed by atoms with van der Waals surface area (Å²) in [5.41, 5.74) is 0.285. The van der Waals surface area contributed by atoms with E-state index in [1.807, 2.05) is 0 Å². The molecule has 0 fully saturated rings. The molecule has 58 valence electrons. The van der Waals surface area contributed by atoms with E-state index in [0.29, 0.717) is 0 Å². The van der Waals surface area contributed by atoms with Gasteiger partial charge in [0.15, 0.2) is 11.6 Å². The molecule has 0 aliphatic heterocycles. The van der Waals surface area contributed by atoms with Gasteiger partial charge in [0.25, 0.3) is 0 Å². The quantitative estimate of drug-likeness (QED) is 0.583. The monoisotopic (exact) mass is 154 g/mol. The van der Waals surface area contributed by atoms with Crippen LogP contribution in [0, 0.1) is 11.6 Å². The van der Waals surface area contributed by atoms with Gasteiger partial charge in [-0.2, -0.15) is 0 Å². The van der Waals surface area contributed by atoms with Crippen molar-refractivity contribution in [1.29, 1.82) is 0 Å². The van der Waals surface area contributed by atoms with Gasteiger partial charge in [-0.15, -0.1) is 0 Å². The zero-order chi connectivity index (χ0) is 8.27. The summed E-state index contributed by atoms with van der Waals surface area (Å²) in [5.74, 6) is -1.59. The molecular formula is C9H8F2. The number of halogens is 2. The minimum atomic E-state index is -0.805. The van der Waals surface area contributed by atoms with Crippen molar-refractivity contribution in [2.75, 3.05) is 0 Å². The third-order valence-electron chi connectivity index (χ3n) is 1.33. The van der Waals surface area contributed by atoms with Crippen molar-refractivity contribution in [3.8, 4) is 0 Å². The topological polar surface area (TPSA) is 0 Å². The lowest BCUT2D eigenvalue weighted by molar-refractivity contribution is 0.507. The highest BCUT2D eigenvalue weighted by atomic mass is 19.2. The number of benzene rings is 1. The van der Waals surface area contributed by atoms with Crippen molar-refractivity contribution >= 4 is 6.08 Å². The molecule has 11 heavy (non-hydrogen) atoms. The zero-order valence-corrected chi connectivity index (χ0v) is 6.14. The van der Waals surface area contributed by atoms with Crippen molar-refractivity contribution in [2.24, 2.45) is 0 Å². The summed E-state index contributed by atoms with van der Waals surface area (Å²) in [5, 5.41) is 0. The summed E-state index contributed by atoms with van der Waals surface area (Å²) in [6.45, 7) is 1.75. The first-order valence-electron chi connectivity index (χ1n) is 3.32. The molecule has 0 amide bonds. The Hall–Kier alpha value is -1.18. The molecule has 0 heterocycles. The summed E-state index contributed by atoms with van der Waals surface area (Å²) in [7, 11) is 0. The molecule has 1 aromatic rings. The van der Waals surface area contributed by atoms with Crippen molar-refractivity contribution in [2.45, 2.75) is 6.92 Å². The Bertz CT molecular complexity index is 277. The van der Waals surface area contributed by atoms with Crippen LogP contribution >= 0.6 is 0 Å². The van der Waals surface area contributed by atoms with Crippen LogP contribution in [0.1, 0.15) is 12.5 Å². The molecule has 0 unspecified atom stereocenters. The fourth-order valence-corrected chi connectivity index (χ4v) is 0.829. The number of allylic oxidation sites excluding steroid dienone is 1. The highest BCUT2D eigenvalue weighted by molar-refractivity contribution is 5.49. The van der Waals surface area contributed by atoms with E-state index in [2.05, 4.69) is 0 Å². The Kier molecular flexibility index (Phi) is 2.36. The smallest absolute Gasteiger partial charge is 0.166 e. The lowest BCUT2D eigenvalue weighted by Gasteiger charge is -1.95. The minimum Gasteiger partial charge on any atom is -0.204 e. The maximum absolute atomic E-state index is 12.8. The fraction of sp³-hybridized carbons (Fsp3) is 0.111. The largest absolute Gasteiger partial charge is 0.204 e. The molecule has 0 aromatic heterocycles. The molecule has 0 saturated heterocycles. The molecule has 0 aliphatic carbocycles. The van der Waals surface area contributed by atoms with Gasteiger partial charge in [0, 0.05) is 5.56 Å². The second kappa shape index (κ2) is 3.28. The first-order valence-corrected chi connectivity index (χ1v) is 3.32. The van der Waals surface area contributed by atoms with Gasteiger partial charge in [-0.1, -0.05) is 24.3 Å². The third kappa shape index (κ3) is 1.64. The zero-order valence-electron chi connectivity index (χ0n) is 6.14. The van der Waals surface area contributed by atoms with Gasteiger partial charge < -0.3 is 0 Å². The first-order chi connectivity index (χ1) is 5.25. The van der Waals surface area contributed by atoms with Crippen LogP contribution in [0.5, 0.6) is 0 Å². The van der Waals surface area contributed by atoms with Crippen molar-refractivity contribution in [3.05, 3.63) is 41.5 Å². The van der Waals surface area contributed by atoms with Crippen LogP contribution in [0.15, 0.2) is 24.3 Å². The van der Waals surface area contributed by atoms with E-state index < -0.39 is 11.6 Å². The van der Waals surface area contributed by atoms with Crippen LogP contribution in [0.4, 0.5) is 8.78 Å². The SMILES string of the molecule is C/C=C\c1cccc(F)c1F. The lowest BCUT2D eigenvalue weighted by Crippen LogP contribution is -1.86. The average molecular weight is 154 g/mol. The molecule has 0 spiro atoms. The van der Waals surface area contributed by atoms with Gasteiger partial charge in [-0.05, 0) is 13.0 Å². The molecule has 2 heteroatoms. The molecule has 0 nitrogen and oxygen atoms in total. The third-order valence-corrected chi connectivity index (χ3v) is 1.33.